The van der Waals surface area contributed by atoms with Gasteiger partial charge in [0.15, 0.2) is 9.84 Å². The van der Waals surface area contributed by atoms with Crippen LogP contribution in [0.5, 0.6) is 0 Å². The van der Waals surface area contributed by atoms with Gasteiger partial charge in [-0.05, 0) is 39.4 Å². The average molecular weight is 382 g/mol. The molecule has 1 aliphatic heterocycles. The van der Waals surface area contributed by atoms with Crippen LogP contribution in [-0.2, 0) is 14.6 Å². The highest BCUT2D eigenvalue weighted by Gasteiger charge is 2.39. The normalized spacial score (nSPS) is 23.8. The van der Waals surface area contributed by atoms with Crippen molar-refractivity contribution in [1.29, 1.82) is 0 Å². The minimum absolute atomic E-state index is 0.00302. The minimum atomic E-state index is -3.04. The second-order valence-electron chi connectivity index (χ2n) is 7.06. The van der Waals surface area contributed by atoms with E-state index in [0.29, 0.717) is 6.42 Å². The molecule has 25 heavy (non-hydrogen) atoms. The number of fused-ring (bicyclic) bond motifs is 1. The van der Waals surface area contributed by atoms with Crippen LogP contribution < -0.4 is 5.32 Å². The molecule has 0 bridgehead atoms. The number of rotatable bonds is 5. The lowest BCUT2D eigenvalue weighted by molar-refractivity contribution is -0.123. The van der Waals surface area contributed by atoms with Crippen LogP contribution in [0.2, 0.25) is 0 Å². The summed E-state index contributed by atoms with van der Waals surface area (Å²) in [4.78, 5) is 18.9. The van der Waals surface area contributed by atoms with Gasteiger partial charge in [0.1, 0.15) is 5.01 Å². The highest BCUT2D eigenvalue weighted by atomic mass is 32.2. The molecule has 1 aromatic heterocycles. The summed E-state index contributed by atoms with van der Waals surface area (Å²) in [6, 6.07) is 7.98. The predicted octanol–water partition coefficient (Wildman–Crippen LogP) is 1.98. The molecule has 0 saturated carbocycles. The Kier molecular flexibility index (Phi) is 4.87. The molecule has 136 valence electrons. The number of thiazole rings is 1. The molecule has 0 unspecified atom stereocenters. The van der Waals surface area contributed by atoms with E-state index in [1.807, 2.05) is 43.1 Å². The summed E-state index contributed by atoms with van der Waals surface area (Å²) in [5.74, 6) is -0.00000549. The minimum Gasteiger partial charge on any atom is -0.349 e. The van der Waals surface area contributed by atoms with E-state index in [1.165, 1.54) is 0 Å². The summed E-state index contributed by atoms with van der Waals surface area (Å²) >= 11 is 1.63. The summed E-state index contributed by atoms with van der Waals surface area (Å²) in [6.45, 7) is 4.02. The molecular formula is C17H23N3O3S2. The third kappa shape index (κ3) is 4.19. The van der Waals surface area contributed by atoms with Gasteiger partial charge in [-0.2, -0.15) is 0 Å². The number of hydrogen-bond donors (Lipinski definition) is 1. The number of carbonyl (C=O) groups is 1. The Labute approximate surface area is 152 Å². The molecule has 8 heteroatoms. The molecule has 0 aliphatic carbocycles. The molecule has 1 saturated heterocycles. The lowest BCUT2D eigenvalue weighted by Crippen LogP contribution is -2.50. The standard InChI is InChI=1S/C17H23N3O3S2/c1-12(16-18-13-6-4-5-7-14(13)24-16)20(3)10-15(21)19-17(2)8-9-25(22,23)11-17/h4-7,12H,8-11H2,1-3H3,(H,19,21)/t12-,17+/m0/s1. The summed E-state index contributed by atoms with van der Waals surface area (Å²) in [7, 11) is -1.16. The number of amides is 1. The van der Waals surface area contributed by atoms with E-state index >= 15 is 0 Å². The Morgan fingerprint density at radius 2 is 2.16 bits per heavy atom. The Balaban J connectivity index is 1.63. The van der Waals surface area contributed by atoms with Crippen LogP contribution in [-0.4, -0.2) is 54.8 Å². The zero-order valence-corrected chi connectivity index (χ0v) is 16.3. The molecular weight excluding hydrogens is 358 g/mol. The highest BCUT2D eigenvalue weighted by molar-refractivity contribution is 7.91. The van der Waals surface area contributed by atoms with Gasteiger partial charge in [0.25, 0.3) is 0 Å². The molecule has 2 aromatic rings. The van der Waals surface area contributed by atoms with Gasteiger partial charge < -0.3 is 5.32 Å². The third-order valence-corrected chi connectivity index (χ3v) is 7.78. The Morgan fingerprint density at radius 3 is 2.80 bits per heavy atom. The van der Waals surface area contributed by atoms with Crippen molar-refractivity contribution < 1.29 is 13.2 Å². The Bertz CT molecular complexity index is 860. The fourth-order valence-electron chi connectivity index (χ4n) is 3.11. The van der Waals surface area contributed by atoms with Crippen molar-refractivity contribution in [3.8, 4) is 0 Å². The van der Waals surface area contributed by atoms with Crippen molar-refractivity contribution >= 4 is 37.3 Å². The summed E-state index contributed by atoms with van der Waals surface area (Å²) in [5.41, 5.74) is 0.312. The fourth-order valence-corrected chi connectivity index (χ4v) is 6.28. The van der Waals surface area contributed by atoms with Gasteiger partial charge in [-0.15, -0.1) is 11.3 Å². The van der Waals surface area contributed by atoms with Crippen LogP contribution in [0.3, 0.4) is 0 Å². The van der Waals surface area contributed by atoms with Gasteiger partial charge in [-0.3, -0.25) is 9.69 Å². The molecule has 1 fully saturated rings. The number of sulfone groups is 1. The maximum Gasteiger partial charge on any atom is 0.234 e. The molecule has 1 amide bonds. The molecule has 1 aliphatic rings. The topological polar surface area (TPSA) is 79.4 Å². The molecule has 3 rings (SSSR count). The smallest absolute Gasteiger partial charge is 0.234 e. The summed E-state index contributed by atoms with van der Waals surface area (Å²) < 4.78 is 24.4. The van der Waals surface area contributed by atoms with E-state index in [4.69, 9.17) is 0 Å². The van der Waals surface area contributed by atoms with E-state index in [-0.39, 0.29) is 30.0 Å². The van der Waals surface area contributed by atoms with Crippen LogP contribution in [0, 0.1) is 0 Å². The largest absolute Gasteiger partial charge is 0.349 e. The van der Waals surface area contributed by atoms with Crippen molar-refractivity contribution in [2.45, 2.75) is 31.8 Å². The molecule has 2 heterocycles. The van der Waals surface area contributed by atoms with Crippen LogP contribution in [0.15, 0.2) is 24.3 Å². The number of likely N-dealkylation sites (N-methyl/N-ethyl adjacent to an activating group) is 1. The maximum atomic E-state index is 12.4. The zero-order valence-electron chi connectivity index (χ0n) is 14.7. The molecule has 1 aromatic carbocycles. The SMILES string of the molecule is C[C@@H](c1nc2ccccc2s1)N(C)CC(=O)N[C@]1(C)CCS(=O)(=O)C1. The number of carbonyl (C=O) groups excluding carboxylic acids is 1. The first-order valence-electron chi connectivity index (χ1n) is 8.25. The van der Waals surface area contributed by atoms with E-state index < -0.39 is 15.4 Å². The monoisotopic (exact) mass is 381 g/mol. The summed E-state index contributed by atoms with van der Waals surface area (Å²) in [6.07, 6.45) is 0.470. The highest BCUT2D eigenvalue weighted by Crippen LogP contribution is 2.29. The lowest BCUT2D eigenvalue weighted by Gasteiger charge is -2.27. The molecule has 0 spiro atoms. The van der Waals surface area contributed by atoms with Crippen LogP contribution in [0.1, 0.15) is 31.3 Å². The van der Waals surface area contributed by atoms with Crippen molar-refractivity contribution in [2.24, 2.45) is 0 Å². The van der Waals surface area contributed by atoms with Crippen LogP contribution in [0.25, 0.3) is 10.2 Å². The first-order chi connectivity index (χ1) is 11.7. The van der Waals surface area contributed by atoms with Gasteiger partial charge in [-0.25, -0.2) is 13.4 Å². The Morgan fingerprint density at radius 1 is 1.44 bits per heavy atom. The second-order valence-corrected chi connectivity index (χ2v) is 10.3. The van der Waals surface area contributed by atoms with Crippen molar-refractivity contribution in [3.63, 3.8) is 0 Å². The van der Waals surface area contributed by atoms with E-state index in [1.54, 1.807) is 18.3 Å². The number of aromatic nitrogens is 1. The number of hydrogen-bond acceptors (Lipinski definition) is 6. The maximum absolute atomic E-state index is 12.4. The number of para-hydroxylation sites is 1. The Hall–Kier alpha value is -1.51. The number of nitrogens with one attached hydrogen (secondary N) is 1. The fraction of sp³-hybridized carbons (Fsp3) is 0.529. The van der Waals surface area contributed by atoms with Gasteiger partial charge in [0.2, 0.25) is 5.91 Å². The second kappa shape index (κ2) is 6.66. The van der Waals surface area contributed by atoms with Crippen molar-refractivity contribution in [3.05, 3.63) is 29.3 Å². The first-order valence-corrected chi connectivity index (χ1v) is 10.9. The molecule has 6 nitrogen and oxygen atoms in total. The van der Waals surface area contributed by atoms with Crippen LogP contribution in [0.4, 0.5) is 0 Å². The number of nitrogens with zero attached hydrogens (tertiary/aromatic N) is 2. The summed E-state index contributed by atoms with van der Waals surface area (Å²) in [5, 5.41) is 3.86. The van der Waals surface area contributed by atoms with Crippen molar-refractivity contribution in [1.82, 2.24) is 15.2 Å². The predicted molar refractivity (Wildman–Crippen MR) is 100 cm³/mol. The van der Waals surface area contributed by atoms with Gasteiger partial charge >= 0.3 is 0 Å². The van der Waals surface area contributed by atoms with E-state index in [2.05, 4.69) is 10.3 Å². The molecule has 0 radical (unpaired) electrons. The van der Waals surface area contributed by atoms with E-state index in [0.717, 1.165) is 15.2 Å². The third-order valence-electron chi connectivity index (χ3n) is 4.67. The van der Waals surface area contributed by atoms with Crippen LogP contribution >= 0.6 is 11.3 Å². The van der Waals surface area contributed by atoms with E-state index in [9.17, 15) is 13.2 Å². The quantitative estimate of drug-likeness (QED) is 0.857. The molecule has 1 N–H and O–H groups in total. The first kappa shape index (κ1) is 18.3. The average Bonchev–Trinajstić information content (AvgIpc) is 3.06. The van der Waals surface area contributed by atoms with Gasteiger partial charge in [0.05, 0.1) is 39.8 Å². The lowest BCUT2D eigenvalue weighted by atomic mass is 10.0. The van der Waals surface area contributed by atoms with Gasteiger partial charge in [0, 0.05) is 0 Å². The van der Waals surface area contributed by atoms with Crippen molar-refractivity contribution in [2.75, 3.05) is 25.1 Å². The number of benzene rings is 1. The molecule has 2 atom stereocenters. The van der Waals surface area contributed by atoms with Gasteiger partial charge in [-0.1, -0.05) is 12.1 Å². The zero-order chi connectivity index (χ0) is 18.2.